The van der Waals surface area contributed by atoms with Crippen LogP contribution in [0.3, 0.4) is 0 Å². The number of rotatable bonds is 4. The van der Waals surface area contributed by atoms with E-state index in [0.717, 1.165) is 32.6 Å². The van der Waals surface area contributed by atoms with Crippen molar-refractivity contribution in [1.29, 1.82) is 0 Å². The molecule has 140 valence electrons. The lowest BCUT2D eigenvalue weighted by atomic mass is 10.4. The Hall–Kier alpha value is -1.29. The zero-order valence-corrected chi connectivity index (χ0v) is 16.2. The van der Waals surface area contributed by atoms with Gasteiger partial charge in [0.05, 0.1) is 39.6 Å². The normalized spacial score (nSPS) is 18.2. The van der Waals surface area contributed by atoms with Crippen LogP contribution in [-0.2, 0) is 14.2 Å². The van der Waals surface area contributed by atoms with E-state index in [0.29, 0.717) is 26.4 Å². The van der Waals surface area contributed by atoms with Crippen LogP contribution in [-0.4, -0.2) is 63.9 Å². The third-order valence-corrected chi connectivity index (χ3v) is 6.85. The molecule has 0 N–H and O–H groups in total. The maximum atomic E-state index is 5.73. The van der Waals surface area contributed by atoms with Gasteiger partial charge in [0.15, 0.2) is 0 Å². The van der Waals surface area contributed by atoms with E-state index in [1.54, 1.807) is 0 Å². The molecule has 1 aliphatic rings. The molecule has 5 heteroatoms. The molecule has 0 aromatic heterocycles. The molecular formula is C21H28NO3P. The Bertz CT molecular complexity index is 560. The second-order valence-corrected chi connectivity index (χ2v) is 8.37. The van der Waals surface area contributed by atoms with Gasteiger partial charge in [-0.25, -0.2) is 0 Å². The van der Waals surface area contributed by atoms with Crippen molar-refractivity contribution in [2.75, 3.05) is 59.0 Å². The van der Waals surface area contributed by atoms with Crippen LogP contribution in [0.5, 0.6) is 0 Å². The molecule has 0 aliphatic carbocycles. The Balaban J connectivity index is 1.71. The lowest BCUT2D eigenvalue weighted by molar-refractivity contribution is -0.00352. The van der Waals surface area contributed by atoms with E-state index >= 15 is 0 Å². The summed E-state index contributed by atoms with van der Waals surface area (Å²) >= 11 is 0. The fourth-order valence-corrected chi connectivity index (χ4v) is 5.28. The van der Waals surface area contributed by atoms with Gasteiger partial charge >= 0.3 is 0 Å². The van der Waals surface area contributed by atoms with Crippen LogP contribution >= 0.6 is 7.92 Å². The van der Waals surface area contributed by atoms with Crippen LogP contribution in [0.15, 0.2) is 60.7 Å². The van der Waals surface area contributed by atoms with Crippen LogP contribution in [0.4, 0.5) is 0 Å². The van der Waals surface area contributed by atoms with Crippen molar-refractivity contribution in [2.45, 2.75) is 0 Å². The van der Waals surface area contributed by atoms with Crippen molar-refractivity contribution in [3.05, 3.63) is 60.7 Å². The number of benzene rings is 2. The van der Waals surface area contributed by atoms with Crippen molar-refractivity contribution in [3.8, 4) is 0 Å². The van der Waals surface area contributed by atoms with Gasteiger partial charge in [0.1, 0.15) is 0 Å². The Morgan fingerprint density at radius 3 is 1.50 bits per heavy atom. The molecule has 1 aliphatic heterocycles. The van der Waals surface area contributed by atoms with Crippen molar-refractivity contribution < 1.29 is 14.2 Å². The first kappa shape index (κ1) is 19.5. The molecule has 0 saturated carbocycles. The van der Waals surface area contributed by atoms with Gasteiger partial charge in [0.25, 0.3) is 0 Å². The summed E-state index contributed by atoms with van der Waals surface area (Å²) in [6, 6.07) is 21.7. The molecule has 2 aromatic rings. The van der Waals surface area contributed by atoms with E-state index in [9.17, 15) is 0 Å². The highest BCUT2D eigenvalue weighted by atomic mass is 31.1. The van der Waals surface area contributed by atoms with Crippen LogP contribution < -0.4 is 10.6 Å². The molecule has 1 saturated heterocycles. The molecule has 2 aromatic carbocycles. The molecule has 0 bridgehead atoms. The highest BCUT2D eigenvalue weighted by molar-refractivity contribution is 7.72. The number of ether oxygens (including phenoxy) is 3. The topological polar surface area (TPSA) is 30.9 Å². The highest BCUT2D eigenvalue weighted by Crippen LogP contribution is 2.34. The SMILES string of the molecule is c1ccc(P(CN2CCOCCOCCOCC2)c2ccccc2)cc1. The standard InChI is InChI=1S/C21H28NO3P/c1-3-7-20(8-4-1)26(21-9-5-2-6-10-21)19-22-11-13-23-15-17-25-18-16-24-14-12-22/h1-10H,11-19H2. The molecule has 4 nitrogen and oxygen atoms in total. The van der Waals surface area contributed by atoms with Gasteiger partial charge in [0, 0.05) is 19.4 Å². The Kier molecular flexibility index (Phi) is 8.56. The summed E-state index contributed by atoms with van der Waals surface area (Å²) in [5, 5.41) is 2.82. The molecule has 0 radical (unpaired) electrons. The first-order valence-electron chi connectivity index (χ1n) is 9.27. The van der Waals surface area contributed by atoms with Crippen LogP contribution in [0.25, 0.3) is 0 Å². The van der Waals surface area contributed by atoms with E-state index in [-0.39, 0.29) is 0 Å². The zero-order chi connectivity index (χ0) is 17.9. The molecule has 0 spiro atoms. The maximum absolute atomic E-state index is 5.73. The summed E-state index contributed by atoms with van der Waals surface area (Å²) in [7, 11) is -0.431. The average molecular weight is 373 g/mol. The summed E-state index contributed by atoms with van der Waals surface area (Å²) in [6.07, 6.45) is 1.02. The molecule has 0 atom stereocenters. The van der Waals surface area contributed by atoms with E-state index in [1.807, 2.05) is 0 Å². The van der Waals surface area contributed by atoms with Gasteiger partial charge in [-0.05, 0) is 18.5 Å². The first-order chi connectivity index (χ1) is 12.9. The van der Waals surface area contributed by atoms with Gasteiger partial charge < -0.3 is 14.2 Å². The van der Waals surface area contributed by atoms with Crippen molar-refractivity contribution >= 4 is 18.5 Å². The smallest absolute Gasteiger partial charge is 0.0701 e. The Labute approximate surface area is 157 Å². The second-order valence-electron chi connectivity index (χ2n) is 6.20. The number of hydrogen-bond acceptors (Lipinski definition) is 4. The van der Waals surface area contributed by atoms with Gasteiger partial charge in [0.2, 0.25) is 0 Å². The molecule has 3 rings (SSSR count). The fraction of sp³-hybridized carbons (Fsp3) is 0.429. The van der Waals surface area contributed by atoms with Gasteiger partial charge in [-0.1, -0.05) is 60.7 Å². The molecule has 1 fully saturated rings. The minimum atomic E-state index is -0.431. The van der Waals surface area contributed by atoms with Crippen LogP contribution in [0.1, 0.15) is 0 Å². The fourth-order valence-electron chi connectivity index (χ4n) is 2.91. The highest BCUT2D eigenvalue weighted by Gasteiger charge is 2.18. The monoisotopic (exact) mass is 373 g/mol. The van der Waals surface area contributed by atoms with Crippen molar-refractivity contribution in [1.82, 2.24) is 4.90 Å². The van der Waals surface area contributed by atoms with E-state index in [2.05, 4.69) is 65.6 Å². The summed E-state index contributed by atoms with van der Waals surface area (Å²) < 4.78 is 16.9. The Morgan fingerprint density at radius 1 is 0.615 bits per heavy atom. The minimum Gasteiger partial charge on any atom is -0.378 e. The van der Waals surface area contributed by atoms with Gasteiger partial charge in [-0.3, -0.25) is 4.90 Å². The zero-order valence-electron chi connectivity index (χ0n) is 15.3. The minimum absolute atomic E-state index is 0.431. The average Bonchev–Trinajstić information content (AvgIpc) is 2.69. The summed E-state index contributed by atoms with van der Waals surface area (Å²) in [5.74, 6) is 0. The third-order valence-electron chi connectivity index (χ3n) is 4.32. The van der Waals surface area contributed by atoms with E-state index in [4.69, 9.17) is 14.2 Å². The summed E-state index contributed by atoms with van der Waals surface area (Å²) in [5.41, 5.74) is 0. The van der Waals surface area contributed by atoms with Crippen LogP contribution in [0.2, 0.25) is 0 Å². The first-order valence-corrected chi connectivity index (χ1v) is 10.8. The van der Waals surface area contributed by atoms with E-state index in [1.165, 1.54) is 10.6 Å². The quantitative estimate of drug-likeness (QED) is 0.771. The largest absolute Gasteiger partial charge is 0.378 e. The lowest BCUT2D eigenvalue weighted by Crippen LogP contribution is -2.35. The maximum Gasteiger partial charge on any atom is 0.0701 e. The van der Waals surface area contributed by atoms with E-state index < -0.39 is 7.92 Å². The molecule has 26 heavy (non-hydrogen) atoms. The molecule has 0 amide bonds. The van der Waals surface area contributed by atoms with Crippen molar-refractivity contribution in [3.63, 3.8) is 0 Å². The lowest BCUT2D eigenvalue weighted by Gasteiger charge is -2.28. The summed E-state index contributed by atoms with van der Waals surface area (Å²) in [4.78, 5) is 2.48. The predicted molar refractivity (Wildman–Crippen MR) is 108 cm³/mol. The number of nitrogens with zero attached hydrogens (tertiary/aromatic N) is 1. The second kappa shape index (κ2) is 11.4. The Morgan fingerprint density at radius 2 is 1.04 bits per heavy atom. The predicted octanol–water partition coefficient (Wildman–Crippen LogP) is 2.44. The van der Waals surface area contributed by atoms with Crippen molar-refractivity contribution in [2.24, 2.45) is 0 Å². The molecule has 0 unspecified atom stereocenters. The van der Waals surface area contributed by atoms with Gasteiger partial charge in [-0.15, -0.1) is 0 Å². The molecule has 1 heterocycles. The third kappa shape index (κ3) is 6.46. The van der Waals surface area contributed by atoms with Crippen LogP contribution in [0, 0.1) is 0 Å². The number of hydrogen-bond donors (Lipinski definition) is 0. The van der Waals surface area contributed by atoms with Gasteiger partial charge in [-0.2, -0.15) is 0 Å². The molecular weight excluding hydrogens is 345 g/mol. The summed E-state index contributed by atoms with van der Waals surface area (Å²) in [6.45, 7) is 5.89.